The van der Waals surface area contributed by atoms with Crippen LogP contribution in [0.15, 0.2) is 54.6 Å². The van der Waals surface area contributed by atoms with E-state index in [0.29, 0.717) is 30.4 Å². The molecule has 5 nitrogen and oxygen atoms in total. The fourth-order valence-corrected chi connectivity index (χ4v) is 3.57. The molecule has 5 heteroatoms. The Morgan fingerprint density at radius 2 is 1.71 bits per heavy atom. The molecule has 0 bridgehead atoms. The number of ketones is 1. The zero-order valence-electron chi connectivity index (χ0n) is 18.5. The number of benzene rings is 2. The molecule has 0 unspecified atom stereocenters. The van der Waals surface area contributed by atoms with Gasteiger partial charge in [0.05, 0.1) is 0 Å². The molecule has 0 saturated carbocycles. The first kappa shape index (κ1) is 22.2. The third-order valence-corrected chi connectivity index (χ3v) is 5.52. The molecular weight excluding hydrogens is 388 g/mol. The van der Waals surface area contributed by atoms with Crippen molar-refractivity contribution in [1.29, 1.82) is 0 Å². The van der Waals surface area contributed by atoms with E-state index in [1.165, 1.54) is 6.07 Å². The van der Waals surface area contributed by atoms with Crippen molar-refractivity contribution >= 4 is 17.4 Å². The molecule has 1 amide bonds. The minimum absolute atomic E-state index is 0.0168. The number of aryl methyl sites for hydroxylation is 3. The Hall–Kier alpha value is -3.47. The summed E-state index contributed by atoms with van der Waals surface area (Å²) in [6, 6.07) is 16.4. The number of amides is 1. The number of Topliss-reactive ketones (excluding diaryl/α,β-unsaturated/α-hetero) is 1. The fraction of sp³-hybridized carbons (Fsp3) is 0.269. The number of nitrogens with zero attached hydrogens (tertiary/aromatic N) is 2. The summed E-state index contributed by atoms with van der Waals surface area (Å²) in [6.45, 7) is 5.73. The van der Waals surface area contributed by atoms with E-state index in [1.807, 2.05) is 57.2 Å². The van der Waals surface area contributed by atoms with Gasteiger partial charge in [0.25, 0.3) is 0 Å². The van der Waals surface area contributed by atoms with Crippen LogP contribution in [0.1, 0.15) is 47.1 Å². The van der Waals surface area contributed by atoms with E-state index in [2.05, 4.69) is 4.98 Å². The first-order chi connectivity index (χ1) is 14.8. The molecule has 0 radical (unpaired) electrons. The lowest BCUT2D eigenvalue weighted by Crippen LogP contribution is -2.24. The fourth-order valence-electron chi connectivity index (χ4n) is 3.57. The van der Waals surface area contributed by atoms with Crippen molar-refractivity contribution in [1.82, 2.24) is 4.98 Å². The van der Waals surface area contributed by atoms with Crippen LogP contribution < -0.4 is 4.90 Å². The number of pyridine rings is 1. The van der Waals surface area contributed by atoms with Gasteiger partial charge < -0.3 is 10.0 Å². The highest BCUT2D eigenvalue weighted by Crippen LogP contribution is 2.31. The summed E-state index contributed by atoms with van der Waals surface area (Å²) >= 11 is 0. The van der Waals surface area contributed by atoms with E-state index in [-0.39, 0.29) is 17.4 Å². The van der Waals surface area contributed by atoms with Crippen LogP contribution in [0.3, 0.4) is 0 Å². The number of carbonyl (C=O) groups is 2. The average Bonchev–Trinajstić information content (AvgIpc) is 2.77. The number of hydrogen-bond acceptors (Lipinski definition) is 4. The molecule has 0 aliphatic rings. The molecule has 3 rings (SSSR count). The van der Waals surface area contributed by atoms with E-state index < -0.39 is 0 Å². The van der Waals surface area contributed by atoms with Gasteiger partial charge in [0.15, 0.2) is 5.78 Å². The van der Waals surface area contributed by atoms with Crippen molar-refractivity contribution in [3.63, 3.8) is 0 Å². The number of hydrogen-bond donors (Lipinski definition) is 1. The Labute approximate surface area is 183 Å². The normalized spacial score (nSPS) is 10.7. The Balaban J connectivity index is 1.72. The molecule has 0 fully saturated rings. The Kier molecular flexibility index (Phi) is 6.85. The van der Waals surface area contributed by atoms with Crippen molar-refractivity contribution in [2.45, 2.75) is 40.0 Å². The molecule has 1 N–H and O–H groups in total. The molecule has 160 valence electrons. The van der Waals surface area contributed by atoms with Gasteiger partial charge in [-0.05, 0) is 61.7 Å². The van der Waals surface area contributed by atoms with Gasteiger partial charge in [-0.3, -0.25) is 14.6 Å². The van der Waals surface area contributed by atoms with Crippen LogP contribution in [0.5, 0.6) is 5.75 Å². The number of rotatable bonds is 7. The lowest BCUT2D eigenvalue weighted by atomic mass is 9.98. The molecule has 2 aromatic carbocycles. The van der Waals surface area contributed by atoms with Gasteiger partial charge in [-0.2, -0.15) is 0 Å². The maximum absolute atomic E-state index is 12.6. The predicted molar refractivity (Wildman–Crippen MR) is 124 cm³/mol. The van der Waals surface area contributed by atoms with Crippen molar-refractivity contribution < 1.29 is 14.7 Å². The maximum Gasteiger partial charge on any atom is 0.226 e. The van der Waals surface area contributed by atoms with Crippen LogP contribution in [-0.2, 0) is 11.2 Å². The summed E-state index contributed by atoms with van der Waals surface area (Å²) in [5.41, 5.74) is 5.72. The van der Waals surface area contributed by atoms with Crippen molar-refractivity contribution in [2.24, 2.45) is 0 Å². The van der Waals surface area contributed by atoms with Crippen LogP contribution in [0.25, 0.3) is 11.1 Å². The number of aromatic nitrogens is 1. The van der Waals surface area contributed by atoms with E-state index >= 15 is 0 Å². The molecule has 3 aromatic rings. The molecule has 0 aliphatic heterocycles. The van der Waals surface area contributed by atoms with E-state index in [4.69, 9.17) is 0 Å². The molecular formula is C26H28N2O3. The summed E-state index contributed by atoms with van der Waals surface area (Å²) in [7, 11) is 1.74. The smallest absolute Gasteiger partial charge is 0.226 e. The van der Waals surface area contributed by atoms with Gasteiger partial charge in [-0.25, -0.2) is 0 Å². The van der Waals surface area contributed by atoms with Gasteiger partial charge in [-0.1, -0.05) is 31.2 Å². The largest absolute Gasteiger partial charge is 0.507 e. The van der Waals surface area contributed by atoms with E-state index in [0.717, 1.165) is 28.2 Å². The van der Waals surface area contributed by atoms with Gasteiger partial charge in [0.2, 0.25) is 5.91 Å². The Bertz CT molecular complexity index is 1100. The molecule has 1 aromatic heterocycles. The van der Waals surface area contributed by atoms with Crippen LogP contribution in [-0.4, -0.2) is 28.8 Å². The number of carbonyl (C=O) groups excluding carboxylic acids is 2. The lowest BCUT2D eigenvalue weighted by Gasteiger charge is -2.17. The zero-order valence-corrected chi connectivity index (χ0v) is 18.5. The third-order valence-electron chi connectivity index (χ3n) is 5.52. The predicted octanol–water partition coefficient (Wildman–Crippen LogP) is 5.26. The molecule has 31 heavy (non-hydrogen) atoms. The molecule has 1 heterocycles. The molecule has 0 aliphatic carbocycles. The summed E-state index contributed by atoms with van der Waals surface area (Å²) in [4.78, 5) is 30.5. The SMILES string of the molecule is CCC(=O)N(C)c1ccc(-c2ccc(C(=O)CCc3ccc(C)nc3C)cc2O)cc1. The molecule has 0 saturated heterocycles. The van der Waals surface area contributed by atoms with Crippen LogP contribution in [0, 0.1) is 13.8 Å². The second-order valence-electron chi connectivity index (χ2n) is 7.71. The minimum atomic E-state index is -0.0168. The number of phenolic OH excluding ortho intramolecular Hbond substituents is 1. The summed E-state index contributed by atoms with van der Waals surface area (Å²) in [5, 5.41) is 10.5. The quantitative estimate of drug-likeness (QED) is 0.534. The molecule has 0 atom stereocenters. The topological polar surface area (TPSA) is 70.5 Å². The first-order valence-corrected chi connectivity index (χ1v) is 10.5. The summed E-state index contributed by atoms with van der Waals surface area (Å²) < 4.78 is 0. The average molecular weight is 417 g/mol. The van der Waals surface area contributed by atoms with Crippen molar-refractivity contribution in [3.8, 4) is 16.9 Å². The van der Waals surface area contributed by atoms with Crippen LogP contribution in [0.4, 0.5) is 5.69 Å². The van der Waals surface area contributed by atoms with Crippen molar-refractivity contribution in [3.05, 3.63) is 77.1 Å². The monoisotopic (exact) mass is 416 g/mol. The highest BCUT2D eigenvalue weighted by atomic mass is 16.3. The lowest BCUT2D eigenvalue weighted by molar-refractivity contribution is -0.118. The second-order valence-corrected chi connectivity index (χ2v) is 7.71. The van der Waals surface area contributed by atoms with Crippen LogP contribution >= 0.6 is 0 Å². The Morgan fingerprint density at radius 3 is 2.32 bits per heavy atom. The highest BCUT2D eigenvalue weighted by Gasteiger charge is 2.13. The first-order valence-electron chi connectivity index (χ1n) is 10.5. The van der Waals surface area contributed by atoms with E-state index in [1.54, 1.807) is 24.1 Å². The van der Waals surface area contributed by atoms with E-state index in [9.17, 15) is 14.7 Å². The maximum atomic E-state index is 12.6. The summed E-state index contributed by atoms with van der Waals surface area (Å²) in [6.07, 6.45) is 1.41. The second kappa shape index (κ2) is 9.56. The minimum Gasteiger partial charge on any atom is -0.507 e. The highest BCUT2D eigenvalue weighted by molar-refractivity contribution is 5.97. The van der Waals surface area contributed by atoms with Gasteiger partial charge in [0, 0.05) is 48.1 Å². The van der Waals surface area contributed by atoms with Gasteiger partial charge >= 0.3 is 0 Å². The van der Waals surface area contributed by atoms with Crippen LogP contribution in [0.2, 0.25) is 0 Å². The standard InChI is InChI=1S/C26H28N2O3/c1-5-26(31)28(4)22-12-8-20(9-13-22)23-14-10-21(16-25(23)30)24(29)15-11-19-7-6-17(2)27-18(19)3/h6-10,12-14,16,30H,5,11,15H2,1-4H3. The zero-order chi connectivity index (χ0) is 22.5. The number of phenols is 1. The van der Waals surface area contributed by atoms with Crippen molar-refractivity contribution in [2.75, 3.05) is 11.9 Å². The number of aromatic hydroxyl groups is 1. The Morgan fingerprint density at radius 1 is 1.00 bits per heavy atom. The van der Waals surface area contributed by atoms with Gasteiger partial charge in [-0.15, -0.1) is 0 Å². The van der Waals surface area contributed by atoms with Gasteiger partial charge in [0.1, 0.15) is 5.75 Å². The molecule has 0 spiro atoms. The third kappa shape index (κ3) is 5.18. The number of anilines is 1. The summed E-state index contributed by atoms with van der Waals surface area (Å²) in [5.74, 6) is 0.0803.